The molecule has 120 valence electrons. The molecule has 1 aromatic carbocycles. The molecule has 21 heavy (non-hydrogen) atoms. The lowest BCUT2D eigenvalue weighted by atomic mass is 10.4. The van der Waals surface area contributed by atoms with Gasteiger partial charge in [0.2, 0.25) is 20.0 Å². The van der Waals surface area contributed by atoms with Crippen LogP contribution in [0, 0.1) is 0 Å². The molecule has 0 spiro atoms. The van der Waals surface area contributed by atoms with E-state index >= 15 is 0 Å². The lowest BCUT2D eigenvalue weighted by Gasteiger charge is -2.14. The van der Waals surface area contributed by atoms with E-state index in [1.807, 2.05) is 0 Å². The monoisotopic (exact) mass is 356 g/mol. The van der Waals surface area contributed by atoms with Crippen molar-refractivity contribution in [2.75, 3.05) is 12.0 Å². The maximum absolute atomic E-state index is 12.2. The minimum Gasteiger partial charge on any atom is -0.229 e. The Hall–Kier alpha value is -1.01. The van der Waals surface area contributed by atoms with E-state index in [0.29, 0.717) is 0 Å². The average Bonchev–Trinajstić information content (AvgIpc) is 2.24. The fraction of sp³-hybridized carbons (Fsp3) is 0.400. The molecule has 0 bridgehead atoms. The summed E-state index contributed by atoms with van der Waals surface area (Å²) in [6, 6.07) is 3.89. The van der Waals surface area contributed by atoms with Crippen LogP contribution in [0.25, 0.3) is 0 Å². The van der Waals surface area contributed by atoms with Gasteiger partial charge in [0.05, 0.1) is 5.75 Å². The molecule has 1 atom stereocenters. The summed E-state index contributed by atoms with van der Waals surface area (Å²) >= 11 is 0. The largest absolute Gasteiger partial charge is 0.242 e. The van der Waals surface area contributed by atoms with Gasteiger partial charge >= 0.3 is 0 Å². The molecule has 0 aromatic heterocycles. The van der Waals surface area contributed by atoms with E-state index in [1.54, 1.807) is 0 Å². The van der Waals surface area contributed by atoms with Gasteiger partial charge in [0.25, 0.3) is 0 Å². The first-order chi connectivity index (χ1) is 9.33. The van der Waals surface area contributed by atoms with E-state index in [1.165, 1.54) is 19.1 Å². The van der Waals surface area contributed by atoms with Crippen LogP contribution in [-0.2, 0) is 29.9 Å². The molecule has 0 saturated carbocycles. The van der Waals surface area contributed by atoms with Gasteiger partial charge in [0, 0.05) is 12.3 Å². The summed E-state index contributed by atoms with van der Waals surface area (Å²) < 4.78 is 71.5. The maximum atomic E-state index is 12.2. The lowest BCUT2D eigenvalue weighted by molar-refractivity contribution is 0.559. The maximum Gasteiger partial charge on any atom is 0.242 e. The van der Waals surface area contributed by atoms with E-state index in [4.69, 9.17) is 5.14 Å². The van der Waals surface area contributed by atoms with Gasteiger partial charge in [0.15, 0.2) is 0 Å². The van der Waals surface area contributed by atoms with Crippen molar-refractivity contribution in [3.05, 3.63) is 24.3 Å². The van der Waals surface area contributed by atoms with Gasteiger partial charge in [-0.05, 0) is 19.1 Å². The predicted molar refractivity (Wildman–Crippen MR) is 77.3 cm³/mol. The lowest BCUT2D eigenvalue weighted by Crippen LogP contribution is -2.38. The topological polar surface area (TPSA) is 140 Å². The normalized spacial score (nSPS) is 14.8. The quantitative estimate of drug-likeness (QED) is 0.673. The molecule has 8 nitrogen and oxygen atoms in total. The first kappa shape index (κ1) is 18.0. The minimum absolute atomic E-state index is 0.413. The Labute approximate surface area is 124 Å². The van der Waals surface area contributed by atoms with Crippen LogP contribution < -0.4 is 9.86 Å². The van der Waals surface area contributed by atoms with Gasteiger partial charge in [-0.1, -0.05) is 12.1 Å². The number of hydrogen-bond donors (Lipinski definition) is 2. The number of hydrogen-bond acceptors (Lipinski definition) is 6. The van der Waals surface area contributed by atoms with Crippen molar-refractivity contribution in [2.24, 2.45) is 5.14 Å². The molecular formula is C10H16N2O6S3. The molecule has 3 N–H and O–H groups in total. The fourth-order valence-corrected chi connectivity index (χ4v) is 5.45. The van der Waals surface area contributed by atoms with Crippen LogP contribution >= 0.6 is 0 Å². The molecule has 11 heteroatoms. The number of sulfone groups is 1. The van der Waals surface area contributed by atoms with E-state index in [-0.39, 0.29) is 0 Å². The van der Waals surface area contributed by atoms with Gasteiger partial charge in [-0.3, -0.25) is 0 Å². The first-order valence-electron chi connectivity index (χ1n) is 5.65. The van der Waals surface area contributed by atoms with Crippen LogP contribution in [0.5, 0.6) is 0 Å². The molecule has 0 aliphatic heterocycles. The van der Waals surface area contributed by atoms with Crippen molar-refractivity contribution in [2.45, 2.75) is 22.8 Å². The van der Waals surface area contributed by atoms with E-state index < -0.39 is 51.5 Å². The summed E-state index contributed by atoms with van der Waals surface area (Å²) in [6.45, 7) is 1.36. The highest BCUT2D eigenvalue weighted by Crippen LogP contribution is 2.19. The molecule has 1 unspecified atom stereocenters. The van der Waals surface area contributed by atoms with E-state index in [2.05, 4.69) is 4.72 Å². The molecule has 0 saturated heterocycles. The SMILES string of the molecule is CC(CS(C)(=O)=O)NS(=O)(=O)c1ccccc1S(N)(=O)=O. The molecule has 0 aliphatic rings. The zero-order chi connectivity index (χ0) is 16.5. The van der Waals surface area contributed by atoms with Gasteiger partial charge in [-0.25, -0.2) is 35.1 Å². The summed E-state index contributed by atoms with van der Waals surface area (Å²) in [6.07, 6.45) is 0.968. The summed E-state index contributed by atoms with van der Waals surface area (Å²) in [4.78, 5) is -1.07. The highest BCUT2D eigenvalue weighted by atomic mass is 32.2. The van der Waals surface area contributed by atoms with Crippen molar-refractivity contribution in [3.63, 3.8) is 0 Å². The Balaban J connectivity index is 3.22. The third-order valence-electron chi connectivity index (χ3n) is 2.35. The van der Waals surface area contributed by atoms with Crippen LogP contribution in [0.3, 0.4) is 0 Å². The minimum atomic E-state index is -4.22. The van der Waals surface area contributed by atoms with Gasteiger partial charge in [0.1, 0.15) is 19.6 Å². The van der Waals surface area contributed by atoms with Crippen LogP contribution in [0.15, 0.2) is 34.1 Å². The second-order valence-electron chi connectivity index (χ2n) is 4.61. The molecule has 0 amide bonds. The number of benzene rings is 1. The second kappa shape index (κ2) is 6.01. The van der Waals surface area contributed by atoms with Crippen LogP contribution in [0.4, 0.5) is 0 Å². The van der Waals surface area contributed by atoms with Crippen molar-refractivity contribution < 1.29 is 25.3 Å². The first-order valence-corrected chi connectivity index (χ1v) is 10.7. The van der Waals surface area contributed by atoms with Gasteiger partial charge in [-0.2, -0.15) is 0 Å². The predicted octanol–water partition coefficient (Wildman–Crippen LogP) is -0.955. The van der Waals surface area contributed by atoms with Crippen molar-refractivity contribution in [1.82, 2.24) is 4.72 Å². The molecular weight excluding hydrogens is 340 g/mol. The smallest absolute Gasteiger partial charge is 0.229 e. The summed E-state index contributed by atoms with van der Waals surface area (Å²) in [5, 5.41) is 4.97. The average molecular weight is 356 g/mol. The van der Waals surface area contributed by atoms with Gasteiger partial charge < -0.3 is 0 Å². The second-order valence-corrected chi connectivity index (χ2v) is 10.0. The zero-order valence-electron chi connectivity index (χ0n) is 11.3. The third-order valence-corrected chi connectivity index (χ3v) is 6.21. The van der Waals surface area contributed by atoms with Crippen LogP contribution in [0.2, 0.25) is 0 Å². The molecule has 1 rings (SSSR count). The van der Waals surface area contributed by atoms with Gasteiger partial charge in [-0.15, -0.1) is 0 Å². The fourth-order valence-electron chi connectivity index (χ4n) is 1.72. The van der Waals surface area contributed by atoms with Crippen molar-refractivity contribution in [1.29, 1.82) is 0 Å². The Morgan fingerprint density at radius 1 is 1.05 bits per heavy atom. The van der Waals surface area contributed by atoms with Crippen molar-refractivity contribution in [3.8, 4) is 0 Å². The Morgan fingerprint density at radius 3 is 1.95 bits per heavy atom. The van der Waals surface area contributed by atoms with Crippen LogP contribution in [0.1, 0.15) is 6.92 Å². The summed E-state index contributed by atoms with van der Waals surface area (Å²) in [5.74, 6) is -0.413. The highest BCUT2D eigenvalue weighted by Gasteiger charge is 2.26. The number of sulfonamides is 2. The van der Waals surface area contributed by atoms with E-state index in [0.717, 1.165) is 18.4 Å². The summed E-state index contributed by atoms with van der Waals surface area (Å²) in [7, 11) is -11.8. The number of nitrogens with one attached hydrogen (secondary N) is 1. The zero-order valence-corrected chi connectivity index (χ0v) is 13.8. The molecule has 0 aliphatic carbocycles. The Morgan fingerprint density at radius 2 is 1.52 bits per heavy atom. The van der Waals surface area contributed by atoms with Crippen molar-refractivity contribution >= 4 is 29.9 Å². The number of nitrogens with two attached hydrogens (primary N) is 1. The van der Waals surface area contributed by atoms with Crippen LogP contribution in [-0.4, -0.2) is 43.3 Å². The summed E-state index contributed by atoms with van der Waals surface area (Å²) in [5.41, 5.74) is 0. The highest BCUT2D eigenvalue weighted by molar-refractivity contribution is 7.92. The third kappa shape index (κ3) is 5.36. The molecule has 0 heterocycles. The molecule has 0 fully saturated rings. The van der Waals surface area contributed by atoms with E-state index in [9.17, 15) is 25.3 Å². The number of rotatable bonds is 6. The Bertz CT molecular complexity index is 827. The molecule has 1 aromatic rings. The number of primary sulfonamides is 1. The Kier molecular flexibility index (Phi) is 5.16. The standard InChI is InChI=1S/C10H16N2O6S3/c1-8(7-19(2,13)14)12-21(17,18)10-6-4-3-5-9(10)20(11,15)16/h3-6,8,12H,7H2,1-2H3,(H2,11,15,16). The molecule has 0 radical (unpaired) electrons.